The number of nitrogens with two attached hydrogens (primary N) is 1. The smallest absolute Gasteiger partial charge is 0.307 e. The van der Waals surface area contributed by atoms with Gasteiger partial charge in [-0.15, -0.1) is 0 Å². The van der Waals surface area contributed by atoms with E-state index in [9.17, 15) is 4.79 Å². The standard InChI is InChI=1S/C7H15NO2/c1-3-4-6(8)5(2)7(9)10/h5-6H,3-4,8H2,1-2H3,(H,9,10)/t5-,6-/m1/s1. The number of hydrogen-bond donors (Lipinski definition) is 2. The van der Waals surface area contributed by atoms with Gasteiger partial charge in [0.2, 0.25) is 0 Å². The van der Waals surface area contributed by atoms with Gasteiger partial charge in [0.25, 0.3) is 0 Å². The first-order valence-electron chi connectivity index (χ1n) is 3.58. The maximum absolute atomic E-state index is 10.3. The highest BCUT2D eigenvalue weighted by Crippen LogP contribution is 2.05. The molecule has 10 heavy (non-hydrogen) atoms. The fourth-order valence-electron chi connectivity index (χ4n) is 0.766. The summed E-state index contributed by atoms with van der Waals surface area (Å²) in [4.78, 5) is 10.3. The second kappa shape index (κ2) is 4.28. The molecule has 0 radical (unpaired) electrons. The number of aliphatic carboxylic acids is 1. The van der Waals surface area contributed by atoms with Crippen LogP contribution in [0.25, 0.3) is 0 Å². The van der Waals surface area contributed by atoms with Gasteiger partial charge in [0.05, 0.1) is 5.92 Å². The zero-order chi connectivity index (χ0) is 8.15. The van der Waals surface area contributed by atoms with Crippen molar-refractivity contribution >= 4 is 5.97 Å². The molecule has 0 heterocycles. The van der Waals surface area contributed by atoms with Crippen LogP contribution in [0.4, 0.5) is 0 Å². The summed E-state index contributed by atoms with van der Waals surface area (Å²) in [5, 5.41) is 8.50. The molecule has 0 aliphatic carbocycles. The highest BCUT2D eigenvalue weighted by Gasteiger charge is 2.18. The first-order valence-corrected chi connectivity index (χ1v) is 3.58. The second-order valence-corrected chi connectivity index (χ2v) is 2.58. The lowest BCUT2D eigenvalue weighted by Crippen LogP contribution is -2.33. The number of rotatable bonds is 4. The summed E-state index contributed by atoms with van der Waals surface area (Å²) in [6.45, 7) is 3.64. The summed E-state index contributed by atoms with van der Waals surface area (Å²) < 4.78 is 0. The lowest BCUT2D eigenvalue weighted by molar-refractivity contribution is -0.141. The lowest BCUT2D eigenvalue weighted by Gasteiger charge is -2.13. The van der Waals surface area contributed by atoms with E-state index in [4.69, 9.17) is 10.8 Å². The van der Waals surface area contributed by atoms with Crippen molar-refractivity contribution in [1.29, 1.82) is 0 Å². The quantitative estimate of drug-likeness (QED) is 0.616. The molecule has 0 aromatic rings. The fourth-order valence-corrected chi connectivity index (χ4v) is 0.766. The van der Waals surface area contributed by atoms with E-state index in [0.717, 1.165) is 12.8 Å². The molecule has 0 saturated carbocycles. The van der Waals surface area contributed by atoms with Gasteiger partial charge < -0.3 is 10.8 Å². The Bertz CT molecular complexity index is 114. The van der Waals surface area contributed by atoms with Crippen LogP contribution < -0.4 is 5.73 Å². The van der Waals surface area contributed by atoms with Gasteiger partial charge in [0.15, 0.2) is 0 Å². The van der Waals surface area contributed by atoms with Crippen molar-refractivity contribution in [2.24, 2.45) is 11.7 Å². The van der Waals surface area contributed by atoms with Gasteiger partial charge in [0.1, 0.15) is 0 Å². The van der Waals surface area contributed by atoms with Crippen LogP contribution in [-0.2, 0) is 4.79 Å². The van der Waals surface area contributed by atoms with E-state index in [0.29, 0.717) is 0 Å². The van der Waals surface area contributed by atoms with Crippen LogP contribution in [0.5, 0.6) is 0 Å². The largest absolute Gasteiger partial charge is 0.481 e. The van der Waals surface area contributed by atoms with Crippen LogP contribution in [0.3, 0.4) is 0 Å². The highest BCUT2D eigenvalue weighted by molar-refractivity contribution is 5.70. The third-order valence-corrected chi connectivity index (χ3v) is 1.65. The minimum absolute atomic E-state index is 0.192. The molecular formula is C7H15NO2. The predicted octanol–water partition coefficient (Wildman–Crippen LogP) is 0.835. The lowest BCUT2D eigenvalue weighted by atomic mass is 9.99. The van der Waals surface area contributed by atoms with Crippen LogP contribution in [0.15, 0.2) is 0 Å². The Hall–Kier alpha value is -0.570. The number of carbonyl (C=O) groups is 1. The number of hydrogen-bond acceptors (Lipinski definition) is 2. The minimum Gasteiger partial charge on any atom is -0.481 e. The molecule has 3 N–H and O–H groups in total. The molecule has 0 amide bonds. The molecule has 0 unspecified atom stereocenters. The maximum atomic E-state index is 10.3. The first kappa shape index (κ1) is 9.43. The Morgan fingerprint density at radius 1 is 1.70 bits per heavy atom. The van der Waals surface area contributed by atoms with E-state index >= 15 is 0 Å². The molecule has 0 rings (SSSR count). The molecule has 60 valence electrons. The van der Waals surface area contributed by atoms with Crippen LogP contribution >= 0.6 is 0 Å². The van der Waals surface area contributed by atoms with Gasteiger partial charge in [-0.25, -0.2) is 0 Å². The Morgan fingerprint density at radius 2 is 2.20 bits per heavy atom. The number of carboxylic acid groups (broad SMARTS) is 1. The topological polar surface area (TPSA) is 63.3 Å². The van der Waals surface area contributed by atoms with Crippen molar-refractivity contribution in [2.75, 3.05) is 0 Å². The van der Waals surface area contributed by atoms with Crippen LogP contribution in [0.1, 0.15) is 26.7 Å². The summed E-state index contributed by atoms with van der Waals surface area (Å²) in [6.07, 6.45) is 1.73. The summed E-state index contributed by atoms with van der Waals surface area (Å²) in [5.41, 5.74) is 5.55. The third kappa shape index (κ3) is 2.82. The average molecular weight is 145 g/mol. The van der Waals surface area contributed by atoms with Gasteiger partial charge in [-0.1, -0.05) is 20.3 Å². The highest BCUT2D eigenvalue weighted by atomic mass is 16.4. The van der Waals surface area contributed by atoms with Crippen molar-refractivity contribution in [1.82, 2.24) is 0 Å². The van der Waals surface area contributed by atoms with Crippen molar-refractivity contribution in [3.8, 4) is 0 Å². The molecular weight excluding hydrogens is 130 g/mol. The zero-order valence-corrected chi connectivity index (χ0v) is 6.50. The van der Waals surface area contributed by atoms with E-state index in [1.54, 1.807) is 6.92 Å². The monoisotopic (exact) mass is 145 g/mol. The molecule has 0 saturated heterocycles. The van der Waals surface area contributed by atoms with Gasteiger partial charge >= 0.3 is 5.97 Å². The summed E-state index contributed by atoms with van der Waals surface area (Å²) in [7, 11) is 0. The van der Waals surface area contributed by atoms with Crippen molar-refractivity contribution in [3.05, 3.63) is 0 Å². The molecule has 0 bridgehead atoms. The maximum Gasteiger partial charge on any atom is 0.307 e. The Labute approximate surface area is 61.2 Å². The molecule has 0 aliphatic rings. The average Bonchev–Trinajstić information content (AvgIpc) is 1.87. The molecule has 0 aliphatic heterocycles. The molecule has 0 fully saturated rings. The normalized spacial score (nSPS) is 16.3. The van der Waals surface area contributed by atoms with E-state index in [2.05, 4.69) is 0 Å². The first-order chi connectivity index (χ1) is 4.59. The summed E-state index contributed by atoms with van der Waals surface area (Å²) in [5.74, 6) is -1.22. The molecule has 0 aromatic carbocycles. The SMILES string of the molecule is CCC[C@@H](N)[C@@H](C)C(=O)O. The molecule has 3 nitrogen and oxygen atoms in total. The number of carboxylic acids is 1. The van der Waals surface area contributed by atoms with Crippen LogP contribution in [-0.4, -0.2) is 17.1 Å². The second-order valence-electron chi connectivity index (χ2n) is 2.58. The van der Waals surface area contributed by atoms with Gasteiger partial charge in [-0.2, -0.15) is 0 Å². The third-order valence-electron chi connectivity index (χ3n) is 1.65. The van der Waals surface area contributed by atoms with Gasteiger partial charge in [0, 0.05) is 6.04 Å². The molecule has 0 aromatic heterocycles. The molecule has 3 heteroatoms. The predicted molar refractivity (Wildman–Crippen MR) is 39.7 cm³/mol. The Morgan fingerprint density at radius 3 is 2.50 bits per heavy atom. The summed E-state index contributed by atoms with van der Waals surface area (Å²) in [6, 6.07) is -0.192. The van der Waals surface area contributed by atoms with Gasteiger partial charge in [-0.05, 0) is 6.42 Å². The Kier molecular flexibility index (Phi) is 4.03. The molecule has 2 atom stereocenters. The molecule has 0 spiro atoms. The van der Waals surface area contributed by atoms with Crippen LogP contribution in [0, 0.1) is 5.92 Å². The van der Waals surface area contributed by atoms with Gasteiger partial charge in [-0.3, -0.25) is 4.79 Å². The van der Waals surface area contributed by atoms with Crippen molar-refractivity contribution < 1.29 is 9.90 Å². The summed E-state index contributed by atoms with van der Waals surface area (Å²) >= 11 is 0. The van der Waals surface area contributed by atoms with E-state index < -0.39 is 11.9 Å². The van der Waals surface area contributed by atoms with Crippen LogP contribution in [0.2, 0.25) is 0 Å². The van der Waals surface area contributed by atoms with Crippen molar-refractivity contribution in [2.45, 2.75) is 32.7 Å². The van der Waals surface area contributed by atoms with E-state index in [-0.39, 0.29) is 6.04 Å². The minimum atomic E-state index is -0.805. The Balaban J connectivity index is 3.69. The fraction of sp³-hybridized carbons (Fsp3) is 0.857. The van der Waals surface area contributed by atoms with Crippen molar-refractivity contribution in [3.63, 3.8) is 0 Å². The zero-order valence-electron chi connectivity index (χ0n) is 6.50. The van der Waals surface area contributed by atoms with E-state index in [1.807, 2.05) is 6.92 Å². The van der Waals surface area contributed by atoms with E-state index in [1.165, 1.54) is 0 Å².